The van der Waals surface area contributed by atoms with Crippen molar-refractivity contribution in [3.05, 3.63) is 35.4 Å². The molecule has 0 saturated carbocycles. The summed E-state index contributed by atoms with van der Waals surface area (Å²) in [6.07, 6.45) is 0. The second kappa shape index (κ2) is 6.95. The number of carboxylic acid groups (broad SMARTS) is 2. The van der Waals surface area contributed by atoms with Crippen molar-refractivity contribution in [2.24, 2.45) is 0 Å². The lowest BCUT2D eigenvalue weighted by atomic mass is 10.1. The van der Waals surface area contributed by atoms with Gasteiger partial charge in [-0.05, 0) is 12.1 Å². The number of carbonyl (C=O) groups excluding carboxylic acids is 2. The van der Waals surface area contributed by atoms with Crippen LogP contribution in [0.1, 0.15) is 34.6 Å². The number of hydrogen-bond acceptors (Lipinski definition) is 4. The first-order valence-corrected chi connectivity index (χ1v) is 4.84. The molecule has 1 aromatic rings. The van der Waals surface area contributed by atoms with Gasteiger partial charge < -0.3 is 10.2 Å². The number of hydrogen-bond donors (Lipinski definition) is 2. The molecular weight excluding hydrogens is 240 g/mol. The third-order valence-electron chi connectivity index (χ3n) is 1.88. The Morgan fingerprint density at radius 1 is 0.778 bits per heavy atom. The fraction of sp³-hybridized carbons (Fsp3) is 0.167. The van der Waals surface area contributed by atoms with Gasteiger partial charge in [-0.1, -0.05) is 12.1 Å². The first-order valence-electron chi connectivity index (χ1n) is 4.84. The number of carbonyl (C=O) groups is 4. The monoisotopic (exact) mass is 252 g/mol. The van der Waals surface area contributed by atoms with Crippen LogP contribution in [0.4, 0.5) is 0 Å². The molecule has 0 aromatic heterocycles. The summed E-state index contributed by atoms with van der Waals surface area (Å²) in [6, 6.07) is 5.48. The molecule has 96 valence electrons. The second-order valence-electron chi connectivity index (χ2n) is 3.27. The minimum atomic E-state index is -1.23. The molecule has 0 aliphatic heterocycles. The molecule has 0 amide bonds. The van der Waals surface area contributed by atoms with Gasteiger partial charge in [0.15, 0.2) is 11.6 Å². The van der Waals surface area contributed by atoms with Crippen LogP contribution < -0.4 is 0 Å². The molecule has 0 spiro atoms. The molecule has 2 N–H and O–H groups in total. The summed E-state index contributed by atoms with van der Waals surface area (Å²) in [5.74, 6) is -3.22. The van der Waals surface area contributed by atoms with Crippen molar-refractivity contribution in [3.8, 4) is 0 Å². The van der Waals surface area contributed by atoms with Crippen molar-refractivity contribution in [1.82, 2.24) is 0 Å². The van der Waals surface area contributed by atoms with E-state index in [2.05, 4.69) is 0 Å². The lowest BCUT2D eigenvalue weighted by Crippen LogP contribution is -2.06. The van der Waals surface area contributed by atoms with Crippen LogP contribution in [-0.2, 0) is 9.59 Å². The quantitative estimate of drug-likeness (QED) is 0.783. The molecule has 0 heterocycles. The molecule has 18 heavy (non-hydrogen) atoms. The van der Waals surface area contributed by atoms with Crippen molar-refractivity contribution in [2.75, 3.05) is 0 Å². The largest absolute Gasteiger partial charge is 0.478 e. The third-order valence-corrected chi connectivity index (χ3v) is 1.88. The maximum Gasteiger partial charge on any atom is 0.336 e. The molecule has 0 bridgehead atoms. The maximum absolute atomic E-state index is 10.5. The standard InChI is InChI=1S/C8H6O4.C4H6O2/c9-7(10)5-3-1-2-4-6(5)8(11)12;1-3(5)4(2)6/h1-4H,(H,9,10)(H,11,12);1-2H3. The smallest absolute Gasteiger partial charge is 0.336 e. The van der Waals surface area contributed by atoms with E-state index in [9.17, 15) is 19.2 Å². The van der Waals surface area contributed by atoms with E-state index >= 15 is 0 Å². The molecule has 6 nitrogen and oxygen atoms in total. The molecule has 0 fully saturated rings. The Bertz CT molecular complexity index is 444. The molecule has 6 heteroatoms. The molecular formula is C12H12O6. The summed E-state index contributed by atoms with van der Waals surface area (Å²) in [7, 11) is 0. The minimum Gasteiger partial charge on any atom is -0.478 e. The zero-order valence-corrected chi connectivity index (χ0v) is 9.84. The Morgan fingerprint density at radius 2 is 1.06 bits per heavy atom. The molecule has 1 aromatic carbocycles. The fourth-order valence-electron chi connectivity index (χ4n) is 0.856. The summed E-state index contributed by atoms with van der Waals surface area (Å²) in [6.45, 7) is 2.50. The molecule has 0 unspecified atom stereocenters. The topological polar surface area (TPSA) is 109 Å². The van der Waals surface area contributed by atoms with Crippen LogP contribution in [0.15, 0.2) is 24.3 Å². The van der Waals surface area contributed by atoms with Crippen LogP contribution >= 0.6 is 0 Å². The highest BCUT2D eigenvalue weighted by molar-refractivity contribution is 6.35. The Hall–Kier alpha value is -2.50. The zero-order valence-electron chi connectivity index (χ0n) is 9.84. The molecule has 0 radical (unpaired) electrons. The maximum atomic E-state index is 10.5. The van der Waals surface area contributed by atoms with E-state index in [0.717, 1.165) is 0 Å². The summed E-state index contributed by atoms with van der Waals surface area (Å²) >= 11 is 0. The van der Waals surface area contributed by atoms with E-state index in [4.69, 9.17) is 10.2 Å². The zero-order chi connectivity index (χ0) is 14.3. The summed E-state index contributed by atoms with van der Waals surface area (Å²) in [4.78, 5) is 40.5. The molecule has 0 saturated heterocycles. The van der Waals surface area contributed by atoms with E-state index in [1.54, 1.807) is 0 Å². The summed E-state index contributed by atoms with van der Waals surface area (Å²) in [5.41, 5.74) is -0.380. The highest BCUT2D eigenvalue weighted by Gasteiger charge is 2.13. The van der Waals surface area contributed by atoms with Gasteiger partial charge in [0.25, 0.3) is 0 Å². The SMILES string of the molecule is CC(=O)C(C)=O.O=C(O)c1ccccc1C(=O)O. The van der Waals surface area contributed by atoms with Gasteiger partial charge in [0.05, 0.1) is 11.1 Å². The van der Waals surface area contributed by atoms with E-state index in [1.807, 2.05) is 0 Å². The van der Waals surface area contributed by atoms with Gasteiger partial charge in [0.2, 0.25) is 0 Å². The van der Waals surface area contributed by atoms with Gasteiger partial charge in [-0.15, -0.1) is 0 Å². The fourth-order valence-corrected chi connectivity index (χ4v) is 0.856. The Morgan fingerprint density at radius 3 is 1.22 bits per heavy atom. The van der Waals surface area contributed by atoms with Gasteiger partial charge in [0, 0.05) is 13.8 Å². The number of aromatic carboxylic acids is 2. The molecule has 0 aliphatic carbocycles. The minimum absolute atomic E-state index is 0.190. The lowest BCUT2D eigenvalue weighted by Gasteiger charge is -1.98. The average Bonchev–Trinajstić information content (AvgIpc) is 2.29. The van der Waals surface area contributed by atoms with Gasteiger partial charge in [-0.3, -0.25) is 9.59 Å². The number of benzene rings is 1. The van der Waals surface area contributed by atoms with Crippen molar-refractivity contribution in [1.29, 1.82) is 0 Å². The highest BCUT2D eigenvalue weighted by atomic mass is 16.4. The van der Waals surface area contributed by atoms with E-state index < -0.39 is 11.9 Å². The van der Waals surface area contributed by atoms with Gasteiger partial charge >= 0.3 is 11.9 Å². The van der Waals surface area contributed by atoms with E-state index in [1.165, 1.54) is 38.1 Å². The number of carboxylic acids is 2. The van der Waals surface area contributed by atoms with Crippen LogP contribution in [0.5, 0.6) is 0 Å². The normalized spacial score (nSPS) is 8.78. The predicted octanol–water partition coefficient (Wildman–Crippen LogP) is 1.25. The first kappa shape index (κ1) is 15.5. The molecule has 0 atom stereocenters. The molecule has 0 aliphatic rings. The highest BCUT2D eigenvalue weighted by Crippen LogP contribution is 2.07. The summed E-state index contributed by atoms with van der Waals surface area (Å²) in [5, 5.41) is 17.1. The van der Waals surface area contributed by atoms with Crippen LogP contribution in [0.2, 0.25) is 0 Å². The van der Waals surface area contributed by atoms with Gasteiger partial charge in [0.1, 0.15) is 0 Å². The van der Waals surface area contributed by atoms with Crippen molar-refractivity contribution in [3.63, 3.8) is 0 Å². The lowest BCUT2D eigenvalue weighted by molar-refractivity contribution is -0.134. The van der Waals surface area contributed by atoms with Gasteiger partial charge in [-0.2, -0.15) is 0 Å². The van der Waals surface area contributed by atoms with E-state index in [0.29, 0.717) is 0 Å². The van der Waals surface area contributed by atoms with Crippen molar-refractivity contribution in [2.45, 2.75) is 13.8 Å². The van der Waals surface area contributed by atoms with Crippen molar-refractivity contribution >= 4 is 23.5 Å². The second-order valence-corrected chi connectivity index (χ2v) is 3.27. The number of Topliss-reactive ketones (excluding diaryl/α,β-unsaturated/α-hetero) is 2. The summed E-state index contributed by atoms with van der Waals surface area (Å²) < 4.78 is 0. The Kier molecular flexibility index (Phi) is 5.98. The Labute approximate surface area is 103 Å². The van der Waals surface area contributed by atoms with Crippen LogP contribution in [-0.4, -0.2) is 33.7 Å². The van der Waals surface area contributed by atoms with Crippen LogP contribution in [0.25, 0.3) is 0 Å². The van der Waals surface area contributed by atoms with Gasteiger partial charge in [-0.25, -0.2) is 9.59 Å². The number of ketones is 2. The Balaban J connectivity index is 0.000000411. The predicted molar refractivity (Wildman–Crippen MR) is 61.7 cm³/mol. The first-order chi connectivity index (χ1) is 8.27. The van der Waals surface area contributed by atoms with Crippen LogP contribution in [0, 0.1) is 0 Å². The van der Waals surface area contributed by atoms with Crippen LogP contribution in [0.3, 0.4) is 0 Å². The van der Waals surface area contributed by atoms with E-state index in [-0.39, 0.29) is 22.7 Å². The van der Waals surface area contributed by atoms with Crippen molar-refractivity contribution < 1.29 is 29.4 Å². The average molecular weight is 252 g/mol. The number of rotatable bonds is 3. The molecule has 1 rings (SSSR count). The third kappa shape index (κ3) is 5.02.